The fourth-order valence-corrected chi connectivity index (χ4v) is 2.54. The van der Waals surface area contributed by atoms with Crippen LogP contribution in [0, 0.1) is 0 Å². The van der Waals surface area contributed by atoms with Gasteiger partial charge in [-0.25, -0.2) is 4.98 Å². The van der Waals surface area contributed by atoms with E-state index in [4.69, 9.17) is 23.2 Å². The van der Waals surface area contributed by atoms with Crippen molar-refractivity contribution >= 4 is 40.6 Å². The van der Waals surface area contributed by atoms with Crippen molar-refractivity contribution in [3.8, 4) is 0 Å². The molecule has 0 unspecified atom stereocenters. The van der Waals surface area contributed by atoms with Gasteiger partial charge in [0.05, 0.1) is 10.0 Å². The third-order valence-electron chi connectivity index (χ3n) is 3.51. The fraction of sp³-hybridized carbons (Fsp3) is 0.0526. The molecule has 0 saturated heterocycles. The molecule has 1 amide bonds. The molecule has 0 aliphatic rings. The van der Waals surface area contributed by atoms with Gasteiger partial charge in [-0.2, -0.15) is 0 Å². The summed E-state index contributed by atoms with van der Waals surface area (Å²) in [6.45, 7) is 0.470. The van der Waals surface area contributed by atoms with Crippen LogP contribution in [-0.4, -0.2) is 10.9 Å². The van der Waals surface area contributed by atoms with Gasteiger partial charge in [-0.3, -0.25) is 4.79 Å². The first kappa shape index (κ1) is 17.3. The molecule has 0 atom stereocenters. The van der Waals surface area contributed by atoms with Gasteiger partial charge in [0.2, 0.25) is 0 Å². The summed E-state index contributed by atoms with van der Waals surface area (Å²) in [5, 5.41) is 6.93. The van der Waals surface area contributed by atoms with Crippen molar-refractivity contribution in [2.75, 3.05) is 5.32 Å². The summed E-state index contributed by atoms with van der Waals surface area (Å²) in [6, 6.07) is 18.3. The number of halogens is 2. The van der Waals surface area contributed by atoms with E-state index in [1.54, 1.807) is 36.5 Å². The predicted molar refractivity (Wildman–Crippen MR) is 102 cm³/mol. The number of carbonyl (C=O) groups is 1. The zero-order chi connectivity index (χ0) is 17.6. The largest absolute Gasteiger partial charge is 0.348 e. The Labute approximate surface area is 155 Å². The van der Waals surface area contributed by atoms with E-state index in [0.717, 1.165) is 11.3 Å². The molecule has 0 bridgehead atoms. The molecule has 0 aliphatic carbocycles. The lowest BCUT2D eigenvalue weighted by Crippen LogP contribution is -2.22. The zero-order valence-electron chi connectivity index (χ0n) is 13.2. The molecule has 2 aromatic carbocycles. The SMILES string of the molecule is O=C(NCc1ccccc1)c1ccnc(Nc2ccc(Cl)c(Cl)c2)c1. The van der Waals surface area contributed by atoms with Gasteiger partial charge in [-0.05, 0) is 35.9 Å². The maximum Gasteiger partial charge on any atom is 0.251 e. The molecule has 0 saturated carbocycles. The van der Waals surface area contributed by atoms with Crippen LogP contribution in [0.5, 0.6) is 0 Å². The zero-order valence-corrected chi connectivity index (χ0v) is 14.7. The molecule has 4 nitrogen and oxygen atoms in total. The van der Waals surface area contributed by atoms with Gasteiger partial charge in [0.15, 0.2) is 0 Å². The topological polar surface area (TPSA) is 54.0 Å². The third kappa shape index (κ3) is 4.72. The molecule has 2 N–H and O–H groups in total. The van der Waals surface area contributed by atoms with Crippen LogP contribution in [0.4, 0.5) is 11.5 Å². The van der Waals surface area contributed by atoms with Crippen LogP contribution in [0.1, 0.15) is 15.9 Å². The van der Waals surface area contributed by atoms with Crippen LogP contribution in [0.15, 0.2) is 66.9 Å². The highest BCUT2D eigenvalue weighted by Gasteiger charge is 2.07. The molecule has 25 heavy (non-hydrogen) atoms. The standard InChI is InChI=1S/C19H15Cl2N3O/c20-16-7-6-15(11-17(16)21)24-18-10-14(8-9-22-18)19(25)23-12-13-4-2-1-3-5-13/h1-11H,12H2,(H,22,24)(H,23,25). The molecule has 1 aromatic heterocycles. The molecule has 1 heterocycles. The van der Waals surface area contributed by atoms with Crippen LogP contribution in [0.3, 0.4) is 0 Å². The highest BCUT2D eigenvalue weighted by atomic mass is 35.5. The van der Waals surface area contributed by atoms with E-state index >= 15 is 0 Å². The monoisotopic (exact) mass is 371 g/mol. The lowest BCUT2D eigenvalue weighted by Gasteiger charge is -2.09. The molecule has 126 valence electrons. The van der Waals surface area contributed by atoms with E-state index in [1.807, 2.05) is 30.3 Å². The van der Waals surface area contributed by atoms with E-state index in [-0.39, 0.29) is 5.91 Å². The average Bonchev–Trinajstić information content (AvgIpc) is 2.64. The third-order valence-corrected chi connectivity index (χ3v) is 4.25. The predicted octanol–water partition coefficient (Wildman–Crippen LogP) is 5.06. The number of hydrogen-bond donors (Lipinski definition) is 2. The van der Waals surface area contributed by atoms with Crippen LogP contribution < -0.4 is 10.6 Å². The number of aromatic nitrogens is 1. The number of anilines is 2. The lowest BCUT2D eigenvalue weighted by molar-refractivity contribution is 0.0951. The quantitative estimate of drug-likeness (QED) is 0.658. The Balaban J connectivity index is 1.68. The first-order valence-electron chi connectivity index (χ1n) is 7.62. The summed E-state index contributed by atoms with van der Waals surface area (Å²) in [4.78, 5) is 16.5. The van der Waals surface area contributed by atoms with E-state index in [2.05, 4.69) is 15.6 Å². The van der Waals surface area contributed by atoms with Gasteiger partial charge in [0.1, 0.15) is 5.82 Å². The van der Waals surface area contributed by atoms with Crippen LogP contribution >= 0.6 is 23.2 Å². The number of nitrogens with one attached hydrogen (secondary N) is 2. The second-order valence-corrected chi connectivity index (χ2v) is 6.17. The highest BCUT2D eigenvalue weighted by molar-refractivity contribution is 6.42. The Kier molecular flexibility index (Phi) is 5.53. The minimum absolute atomic E-state index is 0.163. The van der Waals surface area contributed by atoms with Gasteiger partial charge in [-0.15, -0.1) is 0 Å². The Morgan fingerprint density at radius 1 is 0.960 bits per heavy atom. The van der Waals surface area contributed by atoms with Crippen molar-refractivity contribution in [1.82, 2.24) is 10.3 Å². The maximum absolute atomic E-state index is 12.3. The van der Waals surface area contributed by atoms with Gasteiger partial charge in [0.25, 0.3) is 5.91 Å². The van der Waals surface area contributed by atoms with Gasteiger partial charge in [0, 0.05) is 24.0 Å². The first-order valence-corrected chi connectivity index (χ1v) is 8.38. The second-order valence-electron chi connectivity index (χ2n) is 5.35. The van der Waals surface area contributed by atoms with E-state index in [9.17, 15) is 4.79 Å². The molecule has 0 aliphatic heterocycles. The smallest absolute Gasteiger partial charge is 0.251 e. The molecule has 3 aromatic rings. The number of rotatable bonds is 5. The first-order chi connectivity index (χ1) is 12.1. The van der Waals surface area contributed by atoms with Crippen LogP contribution in [-0.2, 0) is 6.54 Å². The van der Waals surface area contributed by atoms with Crippen LogP contribution in [0.2, 0.25) is 10.0 Å². The van der Waals surface area contributed by atoms with E-state index < -0.39 is 0 Å². The molecule has 0 fully saturated rings. The molecule has 0 radical (unpaired) electrons. The number of amides is 1. The number of benzene rings is 2. The summed E-state index contributed by atoms with van der Waals surface area (Å²) in [5.74, 6) is 0.384. The summed E-state index contributed by atoms with van der Waals surface area (Å²) in [7, 11) is 0. The fourth-order valence-electron chi connectivity index (χ4n) is 2.24. The Morgan fingerprint density at radius 3 is 2.52 bits per heavy atom. The van der Waals surface area contributed by atoms with Crippen molar-refractivity contribution in [3.63, 3.8) is 0 Å². The molecule has 0 spiro atoms. The van der Waals surface area contributed by atoms with Crippen molar-refractivity contribution in [2.24, 2.45) is 0 Å². The van der Waals surface area contributed by atoms with Gasteiger partial charge < -0.3 is 10.6 Å². The van der Waals surface area contributed by atoms with E-state index in [1.165, 1.54) is 0 Å². The number of hydrogen-bond acceptors (Lipinski definition) is 3. The van der Waals surface area contributed by atoms with Gasteiger partial charge >= 0.3 is 0 Å². The number of nitrogens with zero attached hydrogens (tertiary/aromatic N) is 1. The molecular formula is C19H15Cl2N3O. The number of carbonyl (C=O) groups excluding carboxylic acids is 1. The van der Waals surface area contributed by atoms with Crippen molar-refractivity contribution in [3.05, 3.63) is 88.0 Å². The Morgan fingerprint density at radius 2 is 1.76 bits per heavy atom. The van der Waals surface area contributed by atoms with Crippen molar-refractivity contribution < 1.29 is 4.79 Å². The molecule has 6 heteroatoms. The number of pyridine rings is 1. The summed E-state index contributed by atoms with van der Waals surface area (Å²) in [5.41, 5.74) is 2.30. The van der Waals surface area contributed by atoms with E-state index in [0.29, 0.717) is 28.0 Å². The molecule has 3 rings (SSSR count). The maximum atomic E-state index is 12.3. The van der Waals surface area contributed by atoms with Crippen molar-refractivity contribution in [1.29, 1.82) is 0 Å². The Hall–Kier alpha value is -2.56. The summed E-state index contributed by atoms with van der Waals surface area (Å²) in [6.07, 6.45) is 1.58. The van der Waals surface area contributed by atoms with Gasteiger partial charge in [-0.1, -0.05) is 53.5 Å². The summed E-state index contributed by atoms with van der Waals surface area (Å²) < 4.78 is 0. The normalized spacial score (nSPS) is 10.3. The molecular weight excluding hydrogens is 357 g/mol. The highest BCUT2D eigenvalue weighted by Crippen LogP contribution is 2.26. The van der Waals surface area contributed by atoms with Crippen molar-refractivity contribution in [2.45, 2.75) is 6.54 Å². The minimum atomic E-state index is -0.163. The Bertz CT molecular complexity index is 885. The summed E-state index contributed by atoms with van der Waals surface area (Å²) >= 11 is 11.9. The lowest BCUT2D eigenvalue weighted by atomic mass is 10.2. The average molecular weight is 372 g/mol. The minimum Gasteiger partial charge on any atom is -0.348 e. The van der Waals surface area contributed by atoms with Crippen LogP contribution in [0.25, 0.3) is 0 Å². The second kappa shape index (κ2) is 8.01.